The zero-order valence-corrected chi connectivity index (χ0v) is 9.37. The van der Waals surface area contributed by atoms with E-state index in [0.717, 1.165) is 6.42 Å². The first kappa shape index (κ1) is 11.5. The number of rotatable bonds is 5. The second-order valence-corrected chi connectivity index (χ2v) is 7.95. The van der Waals surface area contributed by atoms with Crippen LogP contribution in [0.15, 0.2) is 0 Å². The third kappa shape index (κ3) is 5.77. The van der Waals surface area contributed by atoms with E-state index < -0.39 is 6.57 Å². The molecule has 0 aliphatic carbocycles. The summed E-state index contributed by atoms with van der Waals surface area (Å²) in [6.45, 7) is 5.90. The van der Waals surface area contributed by atoms with Crippen molar-refractivity contribution < 1.29 is 9.09 Å². The van der Waals surface area contributed by atoms with Crippen LogP contribution in [-0.2, 0) is 9.09 Å². The summed E-state index contributed by atoms with van der Waals surface area (Å²) < 4.78 is 16.6. The maximum absolute atomic E-state index is 11.5. The van der Waals surface area contributed by atoms with Crippen LogP contribution in [0, 0.1) is 0 Å². The second-order valence-electron chi connectivity index (χ2n) is 2.51. The Labute approximate surface area is 73.3 Å². The quantitative estimate of drug-likeness (QED) is 0.630. The van der Waals surface area contributed by atoms with Gasteiger partial charge < -0.3 is 4.52 Å². The molecule has 0 radical (unpaired) electrons. The predicted molar refractivity (Wildman–Crippen MR) is 52.5 cm³/mol. The van der Waals surface area contributed by atoms with Crippen molar-refractivity contribution in [3.05, 3.63) is 0 Å². The van der Waals surface area contributed by atoms with Gasteiger partial charge in [0.1, 0.15) is 0 Å². The fraction of sp³-hybridized carbons (Fsp3) is 1.00. The van der Waals surface area contributed by atoms with Crippen molar-refractivity contribution in [2.24, 2.45) is 0 Å². The third-order valence-corrected chi connectivity index (χ3v) is 5.66. The van der Waals surface area contributed by atoms with Crippen LogP contribution in [0.5, 0.6) is 0 Å². The van der Waals surface area contributed by atoms with Gasteiger partial charge in [-0.3, -0.25) is 4.57 Å². The van der Waals surface area contributed by atoms with Crippen LogP contribution in [0.1, 0.15) is 27.2 Å². The molecule has 0 fully saturated rings. The molecular formula is C7H17O2PS. The second kappa shape index (κ2) is 5.23. The molecule has 0 aromatic carbocycles. The summed E-state index contributed by atoms with van der Waals surface area (Å²) in [5.41, 5.74) is 0. The molecule has 0 aromatic heterocycles. The molecule has 0 aromatic rings. The van der Waals surface area contributed by atoms with Crippen LogP contribution >= 0.6 is 18.0 Å². The van der Waals surface area contributed by atoms with Crippen molar-refractivity contribution in [2.75, 3.05) is 13.3 Å². The highest BCUT2D eigenvalue weighted by atomic mass is 32.7. The summed E-state index contributed by atoms with van der Waals surface area (Å²) in [6.07, 6.45) is 1.04. The number of hydrogen-bond acceptors (Lipinski definition) is 3. The lowest BCUT2D eigenvalue weighted by Crippen LogP contribution is -1.94. The Balaban J connectivity index is 3.81. The van der Waals surface area contributed by atoms with E-state index in [-0.39, 0.29) is 0 Å². The van der Waals surface area contributed by atoms with Gasteiger partial charge in [-0.2, -0.15) is 0 Å². The monoisotopic (exact) mass is 196 g/mol. The first-order valence-corrected chi connectivity index (χ1v) is 7.48. The van der Waals surface area contributed by atoms with E-state index in [0.29, 0.717) is 11.9 Å². The summed E-state index contributed by atoms with van der Waals surface area (Å²) in [5.74, 6) is 0. The van der Waals surface area contributed by atoms with Gasteiger partial charge in [0.05, 0.1) is 6.61 Å². The summed E-state index contributed by atoms with van der Waals surface area (Å²) in [7, 11) is 0. The Bertz CT molecular complexity index is 149. The zero-order chi connectivity index (χ0) is 8.91. The maximum atomic E-state index is 11.5. The highest BCUT2D eigenvalue weighted by Gasteiger charge is 2.18. The SMILES string of the molecule is CCOP(C)(=O)S[C@H](C)CC. The van der Waals surface area contributed by atoms with Crippen molar-refractivity contribution in [3.8, 4) is 0 Å². The summed E-state index contributed by atoms with van der Waals surface area (Å²) >= 11 is 1.46. The lowest BCUT2D eigenvalue weighted by molar-refractivity contribution is 0.349. The van der Waals surface area contributed by atoms with E-state index in [1.807, 2.05) is 6.92 Å². The summed E-state index contributed by atoms with van der Waals surface area (Å²) in [4.78, 5) is 0. The van der Waals surface area contributed by atoms with Crippen LogP contribution in [-0.4, -0.2) is 18.5 Å². The fourth-order valence-corrected chi connectivity index (χ4v) is 4.91. The largest absolute Gasteiger partial charge is 0.322 e. The van der Waals surface area contributed by atoms with E-state index in [9.17, 15) is 4.57 Å². The summed E-state index contributed by atoms with van der Waals surface area (Å²) in [5, 5.41) is 0.428. The Kier molecular flexibility index (Phi) is 5.49. The number of hydrogen-bond donors (Lipinski definition) is 0. The normalized spacial score (nSPS) is 19.3. The van der Waals surface area contributed by atoms with Crippen molar-refractivity contribution >= 4 is 18.0 Å². The average molecular weight is 196 g/mol. The summed E-state index contributed by atoms with van der Waals surface area (Å²) in [6, 6.07) is 0. The van der Waals surface area contributed by atoms with Gasteiger partial charge in [-0.1, -0.05) is 25.2 Å². The maximum Gasteiger partial charge on any atom is 0.254 e. The molecule has 0 bridgehead atoms. The topological polar surface area (TPSA) is 26.3 Å². The van der Waals surface area contributed by atoms with Gasteiger partial charge in [0, 0.05) is 11.9 Å². The molecule has 0 heterocycles. The molecule has 0 saturated heterocycles. The first-order chi connectivity index (χ1) is 5.02. The van der Waals surface area contributed by atoms with E-state index in [1.54, 1.807) is 6.66 Å². The standard InChI is InChI=1S/C7H17O2PS/c1-5-7(3)11-10(4,8)9-6-2/h7H,5-6H2,1-4H3/t7-,10?/m1/s1. The van der Waals surface area contributed by atoms with E-state index in [4.69, 9.17) is 4.52 Å². The minimum absolute atomic E-state index is 0.428. The minimum atomic E-state index is -2.35. The predicted octanol–water partition coefficient (Wildman–Crippen LogP) is 3.38. The lowest BCUT2D eigenvalue weighted by atomic mass is 10.4. The van der Waals surface area contributed by atoms with Gasteiger partial charge >= 0.3 is 0 Å². The molecule has 0 amide bonds. The van der Waals surface area contributed by atoms with Crippen LogP contribution in [0.25, 0.3) is 0 Å². The molecule has 2 atom stereocenters. The molecule has 1 unspecified atom stereocenters. The van der Waals surface area contributed by atoms with E-state index >= 15 is 0 Å². The Morgan fingerprint density at radius 3 is 2.45 bits per heavy atom. The molecule has 11 heavy (non-hydrogen) atoms. The van der Waals surface area contributed by atoms with Crippen molar-refractivity contribution in [3.63, 3.8) is 0 Å². The molecule has 0 saturated carbocycles. The Morgan fingerprint density at radius 1 is 1.55 bits per heavy atom. The van der Waals surface area contributed by atoms with Crippen molar-refractivity contribution in [1.82, 2.24) is 0 Å². The van der Waals surface area contributed by atoms with Gasteiger partial charge in [0.25, 0.3) is 6.57 Å². The first-order valence-electron chi connectivity index (χ1n) is 3.92. The van der Waals surface area contributed by atoms with Gasteiger partial charge in [-0.15, -0.1) is 0 Å². The van der Waals surface area contributed by atoms with Crippen molar-refractivity contribution in [1.29, 1.82) is 0 Å². The van der Waals surface area contributed by atoms with Gasteiger partial charge in [0.15, 0.2) is 0 Å². The molecule has 4 heteroatoms. The van der Waals surface area contributed by atoms with Gasteiger partial charge in [0.2, 0.25) is 0 Å². The van der Waals surface area contributed by atoms with Crippen LogP contribution in [0.3, 0.4) is 0 Å². The average Bonchev–Trinajstić information content (AvgIpc) is 1.86. The molecule has 68 valence electrons. The van der Waals surface area contributed by atoms with E-state index in [2.05, 4.69) is 13.8 Å². The molecule has 0 aliphatic heterocycles. The molecule has 0 rings (SSSR count). The Hall–Kier alpha value is 0.540. The van der Waals surface area contributed by atoms with E-state index in [1.165, 1.54) is 11.4 Å². The van der Waals surface area contributed by atoms with Crippen molar-refractivity contribution in [2.45, 2.75) is 32.4 Å². The highest BCUT2D eigenvalue weighted by molar-refractivity contribution is 8.56. The fourth-order valence-electron chi connectivity index (χ4n) is 0.666. The minimum Gasteiger partial charge on any atom is -0.322 e. The van der Waals surface area contributed by atoms with Crippen LogP contribution < -0.4 is 0 Å². The lowest BCUT2D eigenvalue weighted by Gasteiger charge is -2.15. The third-order valence-electron chi connectivity index (χ3n) is 1.31. The molecule has 0 spiro atoms. The van der Waals surface area contributed by atoms with Crippen LogP contribution in [0.2, 0.25) is 0 Å². The molecular weight excluding hydrogens is 179 g/mol. The smallest absolute Gasteiger partial charge is 0.254 e. The zero-order valence-electron chi connectivity index (χ0n) is 7.66. The molecule has 2 nitrogen and oxygen atoms in total. The van der Waals surface area contributed by atoms with Crippen LogP contribution in [0.4, 0.5) is 0 Å². The highest BCUT2D eigenvalue weighted by Crippen LogP contribution is 2.58. The van der Waals surface area contributed by atoms with Gasteiger partial charge in [-0.25, -0.2) is 0 Å². The molecule has 0 aliphatic rings. The Morgan fingerprint density at radius 2 is 2.09 bits per heavy atom. The molecule has 0 N–H and O–H groups in total. The van der Waals surface area contributed by atoms with Gasteiger partial charge in [-0.05, 0) is 13.3 Å².